The van der Waals surface area contributed by atoms with Crippen molar-refractivity contribution in [2.24, 2.45) is 0 Å². The van der Waals surface area contributed by atoms with Gasteiger partial charge in [-0.05, 0) is 25.7 Å². The van der Waals surface area contributed by atoms with Gasteiger partial charge in [-0.3, -0.25) is 4.72 Å². The van der Waals surface area contributed by atoms with Gasteiger partial charge in [-0.2, -0.15) is 5.48 Å². The fourth-order valence-corrected chi connectivity index (χ4v) is 11.4. The second kappa shape index (κ2) is 10.3. The third kappa shape index (κ3) is 6.23. The van der Waals surface area contributed by atoms with E-state index in [1.807, 2.05) is 0 Å². The minimum absolute atomic E-state index is 0.559. The standard InChI is InChI=1S/C18H40N2O5S/c1-5-9-13-26(14-10-6-2,15-11-7-3,16-12-8-4,20-18(23)24)25-19-17(21)22/h19-20H,5-16H2,1-4H3,(H,21,22)(H,23,24). The summed E-state index contributed by atoms with van der Waals surface area (Å²) in [4.78, 5) is 23.3. The Balaban J connectivity index is 6.57. The Morgan fingerprint density at radius 3 is 1.31 bits per heavy atom. The average molecular weight is 397 g/mol. The Kier molecular flexibility index (Phi) is 9.80. The first-order chi connectivity index (χ1) is 12.2. The summed E-state index contributed by atoms with van der Waals surface area (Å²) in [6.45, 7) is 8.23. The molecule has 0 aliphatic carbocycles. The van der Waals surface area contributed by atoms with Crippen molar-refractivity contribution in [1.29, 1.82) is 0 Å². The van der Waals surface area contributed by atoms with Crippen LogP contribution in [0.3, 0.4) is 0 Å². The molecule has 0 saturated carbocycles. The van der Waals surface area contributed by atoms with Gasteiger partial charge < -0.3 is 10.2 Å². The molecule has 0 fully saturated rings. The third-order valence-electron chi connectivity index (χ3n) is 5.29. The lowest BCUT2D eigenvalue weighted by Crippen LogP contribution is -2.63. The number of hydrogen-bond donors (Lipinski definition) is 4. The van der Waals surface area contributed by atoms with Crippen LogP contribution in [0.25, 0.3) is 0 Å². The quantitative estimate of drug-likeness (QED) is 0.279. The zero-order valence-electron chi connectivity index (χ0n) is 17.0. The van der Waals surface area contributed by atoms with Gasteiger partial charge in [-0.25, -0.2) is 13.9 Å². The van der Waals surface area contributed by atoms with Crippen LogP contribution in [-0.4, -0.2) is 45.4 Å². The van der Waals surface area contributed by atoms with Gasteiger partial charge in [0.15, 0.2) is 0 Å². The average Bonchev–Trinajstić information content (AvgIpc) is 2.61. The van der Waals surface area contributed by atoms with Crippen LogP contribution >= 0.6 is 8.76 Å². The molecule has 0 aliphatic heterocycles. The zero-order chi connectivity index (χ0) is 20.2. The topological polar surface area (TPSA) is 108 Å². The molecule has 0 heterocycles. The minimum atomic E-state index is -3.91. The molecule has 4 N–H and O–H groups in total. The van der Waals surface area contributed by atoms with Crippen molar-refractivity contribution in [3.63, 3.8) is 0 Å². The molecule has 0 radical (unpaired) electrons. The Morgan fingerprint density at radius 1 is 0.731 bits per heavy atom. The summed E-state index contributed by atoms with van der Waals surface area (Å²) >= 11 is 0. The van der Waals surface area contributed by atoms with Gasteiger partial charge in [0.1, 0.15) is 0 Å². The van der Waals surface area contributed by atoms with Crippen molar-refractivity contribution >= 4 is 20.9 Å². The number of rotatable bonds is 15. The summed E-state index contributed by atoms with van der Waals surface area (Å²) < 4.78 is 9.06. The van der Waals surface area contributed by atoms with Gasteiger partial charge in [-0.1, -0.05) is 53.4 Å². The molecule has 26 heavy (non-hydrogen) atoms. The van der Waals surface area contributed by atoms with E-state index in [9.17, 15) is 19.8 Å². The van der Waals surface area contributed by atoms with Crippen LogP contribution in [-0.2, 0) is 4.28 Å². The van der Waals surface area contributed by atoms with Crippen LogP contribution in [0.4, 0.5) is 9.59 Å². The van der Waals surface area contributed by atoms with Gasteiger partial charge in [-0.15, -0.1) is 8.76 Å². The van der Waals surface area contributed by atoms with Crippen molar-refractivity contribution in [3.05, 3.63) is 0 Å². The molecule has 0 rings (SSSR count). The molecule has 7 nitrogen and oxygen atoms in total. The number of hydrogen-bond acceptors (Lipinski definition) is 3. The van der Waals surface area contributed by atoms with Gasteiger partial charge in [0, 0.05) is 23.0 Å². The normalized spacial score (nSPS) is 14.3. The number of carbonyl (C=O) groups is 2. The zero-order valence-corrected chi connectivity index (χ0v) is 17.8. The van der Waals surface area contributed by atoms with Crippen LogP contribution < -0.4 is 10.2 Å². The molecular formula is C18H40N2O5S. The molecule has 2 amide bonds. The summed E-state index contributed by atoms with van der Waals surface area (Å²) in [7, 11) is -3.91. The van der Waals surface area contributed by atoms with E-state index in [0.717, 1.165) is 51.4 Å². The van der Waals surface area contributed by atoms with Crippen molar-refractivity contribution in [2.45, 2.75) is 79.1 Å². The van der Waals surface area contributed by atoms with E-state index >= 15 is 0 Å². The highest BCUT2D eigenvalue weighted by atomic mass is 32.4. The highest BCUT2D eigenvalue weighted by molar-refractivity contribution is 8.60. The Hall–Kier alpha value is -1.15. The summed E-state index contributed by atoms with van der Waals surface area (Å²) in [5.74, 6) is 2.23. The lowest BCUT2D eigenvalue weighted by molar-refractivity contribution is 0.135. The maximum Gasteiger partial charge on any atom is 0.429 e. The predicted octanol–water partition coefficient (Wildman–Crippen LogP) is 5.36. The molecule has 0 saturated heterocycles. The predicted molar refractivity (Wildman–Crippen MR) is 110 cm³/mol. The van der Waals surface area contributed by atoms with Crippen molar-refractivity contribution in [1.82, 2.24) is 10.2 Å². The lowest BCUT2D eigenvalue weighted by Gasteiger charge is -2.78. The van der Waals surface area contributed by atoms with E-state index in [1.165, 1.54) is 0 Å². The number of nitrogens with one attached hydrogen (secondary N) is 2. The maximum atomic E-state index is 12.0. The van der Waals surface area contributed by atoms with Gasteiger partial charge in [0.25, 0.3) is 0 Å². The van der Waals surface area contributed by atoms with E-state index in [0.29, 0.717) is 23.0 Å². The first-order valence-corrected chi connectivity index (χ1v) is 13.0. The van der Waals surface area contributed by atoms with Crippen LogP contribution in [0.15, 0.2) is 0 Å². The van der Waals surface area contributed by atoms with E-state index in [4.69, 9.17) is 4.28 Å². The maximum absolute atomic E-state index is 12.0. The Labute approximate surface area is 157 Å². The van der Waals surface area contributed by atoms with Gasteiger partial charge in [0.2, 0.25) is 0 Å². The van der Waals surface area contributed by atoms with Crippen LogP contribution in [0.5, 0.6) is 0 Å². The van der Waals surface area contributed by atoms with E-state index in [2.05, 4.69) is 37.9 Å². The molecule has 0 atom stereocenters. The molecular weight excluding hydrogens is 356 g/mol. The summed E-state index contributed by atoms with van der Waals surface area (Å²) in [6, 6.07) is 0. The highest BCUT2D eigenvalue weighted by Crippen LogP contribution is 2.87. The monoisotopic (exact) mass is 396 g/mol. The van der Waals surface area contributed by atoms with E-state index in [-0.39, 0.29) is 0 Å². The van der Waals surface area contributed by atoms with Gasteiger partial charge in [0.05, 0.1) is 0 Å². The fraction of sp³-hybridized carbons (Fsp3) is 0.889. The second-order valence-corrected chi connectivity index (χ2v) is 14.2. The number of unbranched alkanes of at least 4 members (excludes halogenated alkanes) is 4. The Bertz CT molecular complexity index is 423. The summed E-state index contributed by atoms with van der Waals surface area (Å²) in [6.07, 6.45) is 4.32. The van der Waals surface area contributed by atoms with Crippen molar-refractivity contribution in [2.75, 3.05) is 23.0 Å². The number of carboxylic acid groups (broad SMARTS) is 2. The van der Waals surface area contributed by atoms with E-state index in [1.54, 1.807) is 0 Å². The summed E-state index contributed by atoms with van der Waals surface area (Å²) in [5.41, 5.74) is 2.15. The smallest absolute Gasteiger partial charge is 0.429 e. The Morgan fingerprint density at radius 2 is 1.08 bits per heavy atom. The van der Waals surface area contributed by atoms with Crippen molar-refractivity contribution in [3.8, 4) is 0 Å². The molecule has 158 valence electrons. The number of amides is 2. The SMILES string of the molecule is CCCCS(CCCC)(CCCC)(CCCC)(NC(=O)O)ONC(=O)O. The molecule has 0 aromatic carbocycles. The third-order valence-corrected chi connectivity index (χ3v) is 12.9. The van der Waals surface area contributed by atoms with E-state index < -0.39 is 20.9 Å². The molecule has 0 bridgehead atoms. The first kappa shape index (κ1) is 24.8. The second-order valence-electron chi connectivity index (χ2n) is 7.49. The summed E-state index contributed by atoms with van der Waals surface area (Å²) in [5, 5.41) is 19.1. The molecule has 0 unspecified atom stereocenters. The molecule has 0 spiro atoms. The first-order valence-electron chi connectivity index (χ1n) is 9.91. The molecule has 0 aromatic rings. The number of hydroxylamine groups is 1. The van der Waals surface area contributed by atoms with Crippen LogP contribution in [0.2, 0.25) is 0 Å². The van der Waals surface area contributed by atoms with Crippen molar-refractivity contribution < 1.29 is 24.1 Å². The van der Waals surface area contributed by atoms with Crippen LogP contribution in [0, 0.1) is 0 Å². The minimum Gasteiger partial charge on any atom is -0.464 e. The van der Waals surface area contributed by atoms with Crippen LogP contribution in [0.1, 0.15) is 79.1 Å². The lowest BCUT2D eigenvalue weighted by atomic mass is 10.4. The van der Waals surface area contributed by atoms with Gasteiger partial charge >= 0.3 is 12.2 Å². The molecule has 0 aromatic heterocycles. The molecule has 0 aliphatic rings. The highest BCUT2D eigenvalue weighted by Gasteiger charge is 2.61. The largest absolute Gasteiger partial charge is 0.464 e. The molecule has 8 heteroatoms. The fourth-order valence-electron chi connectivity index (χ4n) is 3.79.